The van der Waals surface area contributed by atoms with Crippen LogP contribution < -0.4 is 0 Å². The molecule has 2 aromatic carbocycles. The van der Waals surface area contributed by atoms with Crippen molar-refractivity contribution in [3.63, 3.8) is 0 Å². The lowest BCUT2D eigenvalue weighted by Gasteiger charge is -2.35. The number of para-hydroxylation sites is 1. The number of piperazine rings is 1. The minimum Gasteiger partial charge on any atom is -0.354 e. The van der Waals surface area contributed by atoms with Gasteiger partial charge in [-0.3, -0.25) is 0 Å². The van der Waals surface area contributed by atoms with E-state index < -0.39 is 0 Å². The molecule has 2 aliphatic rings. The molecule has 1 saturated heterocycles. The largest absolute Gasteiger partial charge is 0.354 e. The Kier molecular flexibility index (Phi) is 4.25. The van der Waals surface area contributed by atoms with Gasteiger partial charge in [0.25, 0.3) is 0 Å². The molecule has 0 aromatic heterocycles. The third-order valence-electron chi connectivity index (χ3n) is 5.21. The highest BCUT2D eigenvalue weighted by molar-refractivity contribution is 6.03. The summed E-state index contributed by atoms with van der Waals surface area (Å²) in [6.07, 6.45) is 0.472. The Balaban J connectivity index is 1.87. The average molecular weight is 330 g/mol. The SMILES string of the molecule is CN1CCN(C2=Nc3ccccc3[C@H](CC#N)c3ccccc32)CC1. The lowest BCUT2D eigenvalue weighted by Crippen LogP contribution is -2.47. The summed E-state index contributed by atoms with van der Waals surface area (Å²) in [5.41, 5.74) is 4.53. The van der Waals surface area contributed by atoms with Crippen LogP contribution in [0.2, 0.25) is 0 Å². The van der Waals surface area contributed by atoms with Crippen LogP contribution in [0.25, 0.3) is 0 Å². The predicted molar refractivity (Wildman–Crippen MR) is 100 cm³/mol. The highest BCUT2D eigenvalue weighted by Gasteiger charge is 2.28. The second kappa shape index (κ2) is 6.70. The van der Waals surface area contributed by atoms with Gasteiger partial charge in [-0.25, -0.2) is 4.99 Å². The van der Waals surface area contributed by atoms with E-state index in [1.54, 1.807) is 0 Å². The highest BCUT2D eigenvalue weighted by Crippen LogP contribution is 2.39. The van der Waals surface area contributed by atoms with Crippen LogP contribution in [0, 0.1) is 11.3 Å². The molecule has 126 valence electrons. The molecule has 0 N–H and O–H groups in total. The van der Waals surface area contributed by atoms with Crippen molar-refractivity contribution in [1.29, 1.82) is 5.26 Å². The van der Waals surface area contributed by atoms with Gasteiger partial charge in [-0.15, -0.1) is 0 Å². The highest BCUT2D eigenvalue weighted by atomic mass is 15.3. The smallest absolute Gasteiger partial charge is 0.136 e. The standard InChI is InChI=1S/C21H22N4/c1-24-12-14-25(15-13-24)21-19-8-3-2-6-16(19)17(10-11-22)18-7-4-5-9-20(18)23-21/h2-9,17H,10,12-15H2,1H3/t17-/m1/s1. The monoisotopic (exact) mass is 330 g/mol. The summed E-state index contributed by atoms with van der Waals surface area (Å²) in [6.45, 7) is 4.05. The van der Waals surface area contributed by atoms with Crippen LogP contribution in [0.15, 0.2) is 53.5 Å². The van der Waals surface area contributed by atoms with Gasteiger partial charge in [0.15, 0.2) is 0 Å². The zero-order chi connectivity index (χ0) is 17.2. The molecule has 0 aliphatic carbocycles. The summed E-state index contributed by atoms with van der Waals surface area (Å²) in [7, 11) is 2.17. The van der Waals surface area contributed by atoms with Crippen LogP contribution in [0.1, 0.15) is 29.0 Å². The van der Waals surface area contributed by atoms with Gasteiger partial charge in [-0.1, -0.05) is 42.5 Å². The van der Waals surface area contributed by atoms with Crippen molar-refractivity contribution in [2.75, 3.05) is 33.2 Å². The Morgan fingerprint density at radius 1 is 1.00 bits per heavy atom. The first-order valence-corrected chi connectivity index (χ1v) is 8.85. The van der Waals surface area contributed by atoms with Crippen molar-refractivity contribution in [3.05, 3.63) is 65.2 Å². The number of nitrogens with zero attached hydrogens (tertiary/aromatic N) is 4. The van der Waals surface area contributed by atoms with Crippen molar-refractivity contribution >= 4 is 11.5 Å². The molecule has 0 spiro atoms. The first kappa shape index (κ1) is 15.9. The number of aliphatic imine (C=N–C) groups is 1. The normalized spacial score (nSPS) is 20.1. The summed E-state index contributed by atoms with van der Waals surface area (Å²) in [5, 5.41) is 9.40. The second-order valence-electron chi connectivity index (χ2n) is 6.79. The Labute approximate surface area is 149 Å². The number of hydrogen-bond acceptors (Lipinski definition) is 4. The van der Waals surface area contributed by atoms with E-state index in [1.807, 2.05) is 12.1 Å². The predicted octanol–water partition coefficient (Wildman–Crippen LogP) is 3.37. The molecular weight excluding hydrogens is 308 g/mol. The third kappa shape index (κ3) is 2.92. The maximum atomic E-state index is 9.40. The quantitative estimate of drug-likeness (QED) is 0.805. The van der Waals surface area contributed by atoms with Crippen LogP contribution >= 0.6 is 0 Å². The van der Waals surface area contributed by atoms with Crippen molar-refractivity contribution in [2.45, 2.75) is 12.3 Å². The van der Waals surface area contributed by atoms with Gasteiger partial charge < -0.3 is 9.80 Å². The van der Waals surface area contributed by atoms with E-state index in [4.69, 9.17) is 4.99 Å². The molecule has 2 aromatic rings. The molecular formula is C21H22N4. The van der Waals surface area contributed by atoms with Crippen molar-refractivity contribution < 1.29 is 0 Å². The van der Waals surface area contributed by atoms with Gasteiger partial charge >= 0.3 is 0 Å². The Morgan fingerprint density at radius 2 is 1.68 bits per heavy atom. The molecule has 4 nitrogen and oxygen atoms in total. The van der Waals surface area contributed by atoms with E-state index in [1.165, 1.54) is 11.1 Å². The summed E-state index contributed by atoms with van der Waals surface area (Å²) in [4.78, 5) is 9.82. The third-order valence-corrected chi connectivity index (χ3v) is 5.21. The molecule has 0 bridgehead atoms. The van der Waals surface area contributed by atoms with Crippen LogP contribution in [0.4, 0.5) is 5.69 Å². The van der Waals surface area contributed by atoms with E-state index in [0.717, 1.165) is 43.3 Å². The van der Waals surface area contributed by atoms with Crippen LogP contribution in [0.3, 0.4) is 0 Å². The first-order chi connectivity index (χ1) is 12.3. The maximum absolute atomic E-state index is 9.40. The van der Waals surface area contributed by atoms with Crippen molar-refractivity contribution in [2.24, 2.45) is 4.99 Å². The molecule has 0 radical (unpaired) electrons. The zero-order valence-corrected chi connectivity index (χ0v) is 14.5. The zero-order valence-electron chi connectivity index (χ0n) is 14.5. The Bertz CT molecular complexity index is 841. The fourth-order valence-corrected chi connectivity index (χ4v) is 3.80. The second-order valence-corrected chi connectivity index (χ2v) is 6.79. The number of benzene rings is 2. The van der Waals surface area contributed by atoms with Crippen molar-refractivity contribution in [3.8, 4) is 6.07 Å². The molecule has 0 unspecified atom stereocenters. The van der Waals surface area contributed by atoms with Gasteiger partial charge in [0.1, 0.15) is 5.84 Å². The molecule has 4 rings (SSSR count). The van der Waals surface area contributed by atoms with Crippen LogP contribution in [-0.2, 0) is 0 Å². The lowest BCUT2D eigenvalue weighted by atomic mass is 9.86. The number of fused-ring (bicyclic) bond motifs is 2. The maximum Gasteiger partial charge on any atom is 0.136 e. The Hall–Kier alpha value is -2.64. The van der Waals surface area contributed by atoms with E-state index in [2.05, 4.69) is 59.3 Å². The molecule has 4 heteroatoms. The van der Waals surface area contributed by atoms with Crippen molar-refractivity contribution in [1.82, 2.24) is 9.80 Å². The molecule has 0 amide bonds. The van der Waals surface area contributed by atoms with Gasteiger partial charge in [0, 0.05) is 44.1 Å². The molecule has 25 heavy (non-hydrogen) atoms. The number of likely N-dealkylation sites (N-methyl/N-ethyl adjacent to an activating group) is 1. The number of rotatable bonds is 1. The number of amidine groups is 1. The van der Waals surface area contributed by atoms with Crippen LogP contribution in [0.5, 0.6) is 0 Å². The molecule has 2 heterocycles. The molecule has 0 saturated carbocycles. The fourth-order valence-electron chi connectivity index (χ4n) is 3.80. The van der Waals surface area contributed by atoms with E-state index in [-0.39, 0.29) is 5.92 Å². The minimum absolute atomic E-state index is 0.0751. The topological polar surface area (TPSA) is 42.6 Å². The Morgan fingerprint density at radius 3 is 2.44 bits per heavy atom. The van der Waals surface area contributed by atoms with Gasteiger partial charge in [0.05, 0.1) is 11.8 Å². The fraction of sp³-hybridized carbons (Fsp3) is 0.333. The molecule has 1 fully saturated rings. The van der Waals surface area contributed by atoms with E-state index >= 15 is 0 Å². The van der Waals surface area contributed by atoms with Gasteiger partial charge in [-0.2, -0.15) is 5.26 Å². The summed E-state index contributed by atoms with van der Waals surface area (Å²) >= 11 is 0. The molecule has 1 atom stereocenters. The first-order valence-electron chi connectivity index (χ1n) is 8.85. The number of hydrogen-bond donors (Lipinski definition) is 0. The molecule has 2 aliphatic heterocycles. The number of nitriles is 1. The van der Waals surface area contributed by atoms with Crippen LogP contribution in [-0.4, -0.2) is 48.9 Å². The van der Waals surface area contributed by atoms with E-state index in [9.17, 15) is 5.26 Å². The van der Waals surface area contributed by atoms with Gasteiger partial charge in [0.2, 0.25) is 0 Å². The lowest BCUT2D eigenvalue weighted by molar-refractivity contribution is 0.216. The summed E-state index contributed by atoms with van der Waals surface area (Å²) in [6, 6.07) is 19.1. The summed E-state index contributed by atoms with van der Waals surface area (Å²) < 4.78 is 0. The minimum atomic E-state index is 0.0751. The average Bonchev–Trinajstić information content (AvgIpc) is 2.79. The van der Waals surface area contributed by atoms with E-state index in [0.29, 0.717) is 6.42 Å². The van der Waals surface area contributed by atoms with Gasteiger partial charge in [-0.05, 0) is 24.2 Å². The summed E-state index contributed by atoms with van der Waals surface area (Å²) in [5.74, 6) is 1.13.